The van der Waals surface area contributed by atoms with Crippen LogP contribution in [0.3, 0.4) is 0 Å². The SMILES string of the molecule is O=[N+]([O-])c1ccc(Cl)c(S(=O)(=O)NCc2sccc2Br)c1. The van der Waals surface area contributed by atoms with Crippen molar-refractivity contribution in [3.05, 3.63) is 54.1 Å². The molecule has 6 nitrogen and oxygen atoms in total. The van der Waals surface area contributed by atoms with E-state index in [9.17, 15) is 18.5 Å². The number of non-ortho nitro benzene ring substituents is 1. The first-order valence-corrected chi connectivity index (χ1v) is 9.00. The molecule has 0 fully saturated rings. The Balaban J connectivity index is 2.29. The number of nitro groups is 1. The van der Waals surface area contributed by atoms with E-state index in [2.05, 4.69) is 20.7 Å². The summed E-state index contributed by atoms with van der Waals surface area (Å²) in [4.78, 5) is 10.5. The van der Waals surface area contributed by atoms with E-state index in [0.29, 0.717) is 0 Å². The molecule has 0 bridgehead atoms. The van der Waals surface area contributed by atoms with Gasteiger partial charge in [0.2, 0.25) is 10.0 Å². The average Bonchev–Trinajstić information content (AvgIpc) is 2.82. The van der Waals surface area contributed by atoms with E-state index in [1.54, 1.807) is 6.07 Å². The lowest BCUT2D eigenvalue weighted by atomic mass is 10.3. The molecule has 0 amide bonds. The first kappa shape index (κ1) is 16.4. The molecule has 1 N–H and O–H groups in total. The Morgan fingerprint density at radius 1 is 1.38 bits per heavy atom. The molecule has 2 aromatic rings. The third-order valence-corrected chi connectivity index (χ3v) is 6.34. The van der Waals surface area contributed by atoms with Crippen LogP contribution >= 0.6 is 38.9 Å². The predicted octanol–water partition coefficient (Wildman–Crippen LogP) is 3.55. The molecular weight excluding hydrogens is 404 g/mol. The number of hydrogen-bond acceptors (Lipinski definition) is 5. The van der Waals surface area contributed by atoms with Crippen molar-refractivity contribution in [1.29, 1.82) is 0 Å². The Hall–Kier alpha value is -1.00. The minimum atomic E-state index is -3.94. The lowest BCUT2D eigenvalue weighted by Gasteiger charge is -2.07. The van der Waals surface area contributed by atoms with Gasteiger partial charge in [-0.3, -0.25) is 10.1 Å². The molecule has 0 radical (unpaired) electrons. The highest BCUT2D eigenvalue weighted by molar-refractivity contribution is 9.10. The summed E-state index contributed by atoms with van der Waals surface area (Å²) in [5.41, 5.74) is -0.336. The van der Waals surface area contributed by atoms with Crippen molar-refractivity contribution in [3.8, 4) is 0 Å². The molecule has 10 heteroatoms. The highest BCUT2D eigenvalue weighted by atomic mass is 79.9. The Bertz CT molecular complexity index is 791. The molecule has 1 aromatic carbocycles. The van der Waals surface area contributed by atoms with Crippen molar-refractivity contribution < 1.29 is 13.3 Å². The third-order valence-electron chi connectivity index (χ3n) is 2.53. The van der Waals surface area contributed by atoms with Gasteiger partial charge in [0, 0.05) is 28.0 Å². The molecule has 21 heavy (non-hydrogen) atoms. The summed E-state index contributed by atoms with van der Waals surface area (Å²) < 4.78 is 27.6. The number of halogens is 2. The molecule has 0 aliphatic rings. The van der Waals surface area contributed by atoms with Crippen molar-refractivity contribution >= 4 is 54.6 Å². The molecule has 2 rings (SSSR count). The van der Waals surface area contributed by atoms with Crippen molar-refractivity contribution in [3.63, 3.8) is 0 Å². The normalized spacial score (nSPS) is 11.5. The molecule has 112 valence electrons. The van der Waals surface area contributed by atoms with Crippen LogP contribution in [0.15, 0.2) is 39.0 Å². The highest BCUT2D eigenvalue weighted by Crippen LogP contribution is 2.27. The predicted molar refractivity (Wildman–Crippen MR) is 84.2 cm³/mol. The maximum Gasteiger partial charge on any atom is 0.270 e. The van der Waals surface area contributed by atoms with Gasteiger partial charge in [0.1, 0.15) is 4.90 Å². The molecule has 0 saturated heterocycles. The summed E-state index contributed by atoms with van der Waals surface area (Å²) in [5.74, 6) is 0. The number of nitro benzene ring substituents is 1. The number of nitrogens with zero attached hydrogens (tertiary/aromatic N) is 1. The highest BCUT2D eigenvalue weighted by Gasteiger charge is 2.21. The average molecular weight is 412 g/mol. The molecule has 0 aliphatic heterocycles. The van der Waals surface area contributed by atoms with Crippen molar-refractivity contribution in [2.45, 2.75) is 11.4 Å². The van der Waals surface area contributed by atoms with E-state index in [1.807, 2.05) is 5.38 Å². The van der Waals surface area contributed by atoms with E-state index in [-0.39, 0.29) is 22.2 Å². The standard InChI is InChI=1S/C11H8BrClN2O4S2/c12-8-3-4-20-10(8)6-14-21(18,19)11-5-7(15(16)17)1-2-9(11)13/h1-5,14H,6H2. The second kappa shape index (κ2) is 6.41. The fraction of sp³-hybridized carbons (Fsp3) is 0.0909. The molecule has 0 unspecified atom stereocenters. The number of hydrogen-bond donors (Lipinski definition) is 1. The van der Waals surface area contributed by atoms with Crippen LogP contribution < -0.4 is 4.72 Å². The van der Waals surface area contributed by atoms with Gasteiger partial charge in [0.15, 0.2) is 0 Å². The van der Waals surface area contributed by atoms with Crippen molar-refractivity contribution in [2.75, 3.05) is 0 Å². The lowest BCUT2D eigenvalue weighted by molar-refractivity contribution is -0.385. The summed E-state index contributed by atoms with van der Waals surface area (Å²) in [6, 6.07) is 5.08. The maximum absolute atomic E-state index is 12.2. The third kappa shape index (κ3) is 3.80. The van der Waals surface area contributed by atoms with E-state index < -0.39 is 14.9 Å². The largest absolute Gasteiger partial charge is 0.270 e. The van der Waals surface area contributed by atoms with Gasteiger partial charge in [-0.25, -0.2) is 13.1 Å². The van der Waals surface area contributed by atoms with Crippen LogP contribution in [-0.4, -0.2) is 13.3 Å². The van der Waals surface area contributed by atoms with Crippen LogP contribution in [0.2, 0.25) is 5.02 Å². The molecule has 0 atom stereocenters. The number of sulfonamides is 1. The van der Waals surface area contributed by atoms with E-state index in [0.717, 1.165) is 21.5 Å². The Morgan fingerprint density at radius 3 is 2.67 bits per heavy atom. The molecular formula is C11H8BrClN2O4S2. The fourth-order valence-electron chi connectivity index (χ4n) is 1.50. The Kier molecular flexibility index (Phi) is 4.99. The fourth-order valence-corrected chi connectivity index (χ4v) is 4.54. The van der Waals surface area contributed by atoms with E-state index >= 15 is 0 Å². The molecule has 0 saturated carbocycles. The second-order valence-electron chi connectivity index (χ2n) is 3.89. The van der Waals surface area contributed by atoms with Gasteiger partial charge in [0.05, 0.1) is 9.95 Å². The minimum absolute atomic E-state index is 0.0691. The zero-order valence-electron chi connectivity index (χ0n) is 10.2. The van der Waals surface area contributed by atoms with Crippen LogP contribution in [0, 0.1) is 10.1 Å². The lowest BCUT2D eigenvalue weighted by Crippen LogP contribution is -2.23. The number of benzene rings is 1. The molecule has 1 heterocycles. The number of rotatable bonds is 5. The van der Waals surface area contributed by atoms with Gasteiger partial charge in [-0.2, -0.15) is 0 Å². The van der Waals surface area contributed by atoms with Gasteiger partial charge in [-0.15, -0.1) is 11.3 Å². The second-order valence-corrected chi connectivity index (χ2v) is 7.89. The van der Waals surface area contributed by atoms with Crippen LogP contribution in [0.1, 0.15) is 4.88 Å². The van der Waals surface area contributed by atoms with E-state index in [4.69, 9.17) is 11.6 Å². The van der Waals surface area contributed by atoms with Gasteiger partial charge < -0.3 is 0 Å². The Labute approximate surface area is 138 Å². The van der Waals surface area contributed by atoms with Crippen LogP contribution in [-0.2, 0) is 16.6 Å². The zero-order chi connectivity index (χ0) is 15.6. The summed E-state index contributed by atoms with van der Waals surface area (Å²) in [6.45, 7) is 0.0691. The summed E-state index contributed by atoms with van der Waals surface area (Å²) in [7, 11) is -3.94. The van der Waals surface area contributed by atoms with Crippen LogP contribution in [0.4, 0.5) is 5.69 Å². The topological polar surface area (TPSA) is 89.3 Å². The smallest absolute Gasteiger partial charge is 0.258 e. The molecule has 0 aliphatic carbocycles. The molecule has 0 spiro atoms. The number of nitrogens with one attached hydrogen (secondary N) is 1. The van der Waals surface area contributed by atoms with Crippen molar-refractivity contribution in [1.82, 2.24) is 4.72 Å². The van der Waals surface area contributed by atoms with Gasteiger partial charge in [-0.05, 0) is 33.4 Å². The maximum atomic E-state index is 12.2. The Morgan fingerprint density at radius 2 is 2.10 bits per heavy atom. The van der Waals surface area contributed by atoms with Gasteiger partial charge >= 0.3 is 0 Å². The number of thiophene rings is 1. The summed E-state index contributed by atoms with van der Waals surface area (Å²) >= 11 is 10.5. The first-order chi connectivity index (χ1) is 9.81. The summed E-state index contributed by atoms with van der Waals surface area (Å²) in [6.07, 6.45) is 0. The monoisotopic (exact) mass is 410 g/mol. The van der Waals surface area contributed by atoms with Crippen molar-refractivity contribution in [2.24, 2.45) is 0 Å². The first-order valence-electron chi connectivity index (χ1n) is 5.47. The minimum Gasteiger partial charge on any atom is -0.258 e. The zero-order valence-corrected chi connectivity index (χ0v) is 14.2. The van der Waals surface area contributed by atoms with Gasteiger partial charge in [0.25, 0.3) is 5.69 Å². The van der Waals surface area contributed by atoms with Crippen LogP contribution in [0.25, 0.3) is 0 Å². The van der Waals surface area contributed by atoms with E-state index in [1.165, 1.54) is 17.4 Å². The summed E-state index contributed by atoms with van der Waals surface area (Å²) in [5, 5.41) is 12.5. The van der Waals surface area contributed by atoms with Crippen LogP contribution in [0.5, 0.6) is 0 Å². The quantitative estimate of drug-likeness (QED) is 0.602. The van der Waals surface area contributed by atoms with Gasteiger partial charge in [-0.1, -0.05) is 11.6 Å². The molecule has 1 aromatic heterocycles.